The average molecular weight is 278 g/mol. The van der Waals surface area contributed by atoms with Gasteiger partial charge in [0.1, 0.15) is 0 Å². The van der Waals surface area contributed by atoms with Gasteiger partial charge in [-0.25, -0.2) is 0 Å². The first kappa shape index (κ1) is 15.5. The van der Waals surface area contributed by atoms with E-state index in [0.29, 0.717) is 18.0 Å². The van der Waals surface area contributed by atoms with Crippen molar-refractivity contribution in [3.8, 4) is 0 Å². The second kappa shape index (κ2) is 5.86. The molecule has 1 aromatic rings. The zero-order valence-corrected chi connectivity index (χ0v) is 13.8. The minimum atomic E-state index is 0.281. The first-order valence-electron chi connectivity index (χ1n) is 7.73. The van der Waals surface area contributed by atoms with Crippen molar-refractivity contribution in [1.82, 2.24) is 20.0 Å². The summed E-state index contributed by atoms with van der Waals surface area (Å²) < 4.78 is 1.89. The summed E-state index contributed by atoms with van der Waals surface area (Å²) in [6.45, 7) is 14.7. The summed E-state index contributed by atoms with van der Waals surface area (Å²) in [7, 11) is 1.99. The van der Waals surface area contributed by atoms with Crippen molar-refractivity contribution in [2.45, 2.75) is 53.2 Å². The number of hydrogen-bond acceptors (Lipinski definition) is 3. The maximum Gasteiger partial charge on any atom is 0.0764 e. The van der Waals surface area contributed by atoms with Crippen LogP contribution in [0.25, 0.3) is 0 Å². The van der Waals surface area contributed by atoms with E-state index in [-0.39, 0.29) is 5.41 Å². The Hall–Kier alpha value is -0.870. The lowest BCUT2D eigenvalue weighted by atomic mass is 9.83. The van der Waals surface area contributed by atoms with Gasteiger partial charge in [-0.15, -0.1) is 0 Å². The molecule has 1 aromatic heterocycles. The highest BCUT2D eigenvalue weighted by Crippen LogP contribution is 2.28. The van der Waals surface area contributed by atoms with E-state index in [0.717, 1.165) is 19.6 Å². The van der Waals surface area contributed by atoms with E-state index in [9.17, 15) is 0 Å². The largest absolute Gasteiger partial charge is 0.311 e. The summed E-state index contributed by atoms with van der Waals surface area (Å²) in [4.78, 5) is 2.61. The number of aromatic nitrogens is 2. The summed E-state index contributed by atoms with van der Waals surface area (Å²) in [6, 6.07) is 3.27. The summed E-state index contributed by atoms with van der Waals surface area (Å²) in [5, 5.41) is 8.27. The summed E-state index contributed by atoms with van der Waals surface area (Å²) in [5.74, 6) is 0.669. The van der Waals surface area contributed by atoms with Crippen molar-refractivity contribution in [2.24, 2.45) is 18.4 Å². The van der Waals surface area contributed by atoms with Crippen molar-refractivity contribution in [3.05, 3.63) is 18.0 Å². The number of piperazine rings is 1. The first-order chi connectivity index (χ1) is 9.27. The molecule has 0 aromatic carbocycles. The number of nitrogens with zero attached hydrogens (tertiary/aromatic N) is 3. The number of rotatable bonds is 3. The summed E-state index contributed by atoms with van der Waals surface area (Å²) in [5.41, 5.74) is 1.45. The van der Waals surface area contributed by atoms with E-state index in [2.05, 4.69) is 56.0 Å². The number of aryl methyl sites for hydroxylation is 1. The van der Waals surface area contributed by atoms with E-state index in [1.165, 1.54) is 5.69 Å². The van der Waals surface area contributed by atoms with Gasteiger partial charge in [-0.2, -0.15) is 5.10 Å². The lowest BCUT2D eigenvalue weighted by Gasteiger charge is -2.47. The van der Waals surface area contributed by atoms with Crippen molar-refractivity contribution < 1.29 is 0 Å². The van der Waals surface area contributed by atoms with Crippen LogP contribution < -0.4 is 5.32 Å². The van der Waals surface area contributed by atoms with Crippen molar-refractivity contribution in [2.75, 3.05) is 13.1 Å². The van der Waals surface area contributed by atoms with Gasteiger partial charge >= 0.3 is 0 Å². The molecule has 0 bridgehead atoms. The molecule has 1 N–H and O–H groups in total. The predicted octanol–water partition coefficient (Wildman–Crippen LogP) is 2.26. The molecule has 0 spiro atoms. The SMILES string of the molecule is CC(C)C1CN(Cc2ccn(C)n2)C(C(C)(C)C)CN1. The standard InChI is InChI=1S/C16H30N4/c1-12(2)14-11-20(10-13-7-8-19(6)18-13)15(9-17-14)16(3,4)5/h7-8,12,14-15,17H,9-11H2,1-6H3. The normalized spacial score (nSPS) is 25.4. The van der Waals surface area contributed by atoms with E-state index >= 15 is 0 Å². The Morgan fingerprint density at radius 3 is 2.60 bits per heavy atom. The fourth-order valence-corrected chi connectivity index (χ4v) is 3.07. The molecular formula is C16H30N4. The fourth-order valence-electron chi connectivity index (χ4n) is 3.07. The van der Waals surface area contributed by atoms with E-state index in [1.54, 1.807) is 0 Å². The summed E-state index contributed by atoms with van der Waals surface area (Å²) in [6.07, 6.45) is 2.03. The fraction of sp³-hybridized carbons (Fsp3) is 0.812. The third-order valence-corrected chi connectivity index (χ3v) is 4.38. The number of hydrogen-bond donors (Lipinski definition) is 1. The minimum absolute atomic E-state index is 0.281. The highest BCUT2D eigenvalue weighted by Gasteiger charge is 2.36. The molecule has 2 unspecified atom stereocenters. The molecule has 2 rings (SSSR count). The lowest BCUT2D eigenvalue weighted by Crippen LogP contribution is -2.61. The molecule has 2 heterocycles. The zero-order valence-electron chi connectivity index (χ0n) is 13.8. The van der Waals surface area contributed by atoms with Crippen LogP contribution in [0.3, 0.4) is 0 Å². The summed E-state index contributed by atoms with van der Waals surface area (Å²) >= 11 is 0. The molecule has 0 radical (unpaired) electrons. The Morgan fingerprint density at radius 1 is 1.40 bits per heavy atom. The quantitative estimate of drug-likeness (QED) is 0.921. The molecule has 2 atom stereocenters. The molecule has 1 aliphatic heterocycles. The molecular weight excluding hydrogens is 248 g/mol. The Labute approximate surface area is 123 Å². The molecule has 1 saturated heterocycles. The molecule has 20 heavy (non-hydrogen) atoms. The Bertz CT molecular complexity index is 430. The van der Waals surface area contributed by atoms with Crippen LogP contribution in [-0.2, 0) is 13.6 Å². The topological polar surface area (TPSA) is 33.1 Å². The molecule has 4 nitrogen and oxygen atoms in total. The van der Waals surface area contributed by atoms with Gasteiger partial charge in [0.05, 0.1) is 5.69 Å². The molecule has 0 aliphatic carbocycles. The van der Waals surface area contributed by atoms with E-state index in [1.807, 2.05) is 17.9 Å². The average Bonchev–Trinajstić information content (AvgIpc) is 2.73. The lowest BCUT2D eigenvalue weighted by molar-refractivity contribution is 0.0390. The van der Waals surface area contributed by atoms with Crippen LogP contribution in [-0.4, -0.2) is 39.9 Å². The van der Waals surface area contributed by atoms with Gasteiger partial charge in [0, 0.05) is 45.0 Å². The molecule has 4 heteroatoms. The minimum Gasteiger partial charge on any atom is -0.311 e. The predicted molar refractivity (Wildman–Crippen MR) is 83.5 cm³/mol. The monoisotopic (exact) mass is 278 g/mol. The molecule has 1 aliphatic rings. The molecule has 0 amide bonds. The van der Waals surface area contributed by atoms with Crippen LogP contribution in [0.15, 0.2) is 12.3 Å². The zero-order chi connectivity index (χ0) is 14.9. The van der Waals surface area contributed by atoms with Gasteiger partial charge in [-0.05, 0) is 17.4 Å². The molecule has 1 fully saturated rings. The third-order valence-electron chi connectivity index (χ3n) is 4.38. The second-order valence-electron chi connectivity index (χ2n) is 7.55. The van der Waals surface area contributed by atoms with E-state index < -0.39 is 0 Å². The van der Waals surface area contributed by atoms with Gasteiger partial charge in [-0.3, -0.25) is 9.58 Å². The maximum absolute atomic E-state index is 4.55. The Morgan fingerprint density at radius 2 is 2.10 bits per heavy atom. The van der Waals surface area contributed by atoms with Crippen molar-refractivity contribution in [1.29, 1.82) is 0 Å². The van der Waals surface area contributed by atoms with Crippen molar-refractivity contribution in [3.63, 3.8) is 0 Å². The van der Waals surface area contributed by atoms with Crippen LogP contribution >= 0.6 is 0 Å². The number of nitrogens with one attached hydrogen (secondary N) is 1. The smallest absolute Gasteiger partial charge is 0.0764 e. The molecule has 114 valence electrons. The molecule has 0 saturated carbocycles. The van der Waals surface area contributed by atoms with Crippen LogP contribution in [0.1, 0.15) is 40.3 Å². The Balaban J connectivity index is 2.13. The highest BCUT2D eigenvalue weighted by atomic mass is 15.3. The van der Waals surface area contributed by atoms with Crippen LogP contribution in [0.2, 0.25) is 0 Å². The highest BCUT2D eigenvalue weighted by molar-refractivity contribution is 5.02. The maximum atomic E-state index is 4.55. The van der Waals surface area contributed by atoms with Gasteiger partial charge in [0.15, 0.2) is 0 Å². The van der Waals surface area contributed by atoms with Crippen LogP contribution in [0, 0.1) is 11.3 Å². The Kier molecular flexibility index (Phi) is 4.55. The van der Waals surface area contributed by atoms with Crippen LogP contribution in [0.5, 0.6) is 0 Å². The van der Waals surface area contributed by atoms with E-state index in [4.69, 9.17) is 0 Å². The first-order valence-corrected chi connectivity index (χ1v) is 7.73. The third kappa shape index (κ3) is 3.61. The van der Waals surface area contributed by atoms with Gasteiger partial charge in [0.25, 0.3) is 0 Å². The van der Waals surface area contributed by atoms with Gasteiger partial charge in [-0.1, -0.05) is 34.6 Å². The van der Waals surface area contributed by atoms with Gasteiger partial charge in [0.2, 0.25) is 0 Å². The second-order valence-corrected chi connectivity index (χ2v) is 7.55. The van der Waals surface area contributed by atoms with Gasteiger partial charge < -0.3 is 5.32 Å². The van der Waals surface area contributed by atoms with Crippen LogP contribution in [0.4, 0.5) is 0 Å². The van der Waals surface area contributed by atoms with Crippen molar-refractivity contribution >= 4 is 0 Å².